The number of hydrogen-bond acceptors (Lipinski definition) is 4. The topological polar surface area (TPSA) is 76.1 Å². The molecule has 6 heteroatoms. The van der Waals surface area contributed by atoms with Crippen molar-refractivity contribution in [2.24, 2.45) is 5.92 Å². The van der Waals surface area contributed by atoms with E-state index in [4.69, 9.17) is 14.6 Å². The number of carboxylic acids is 1. The van der Waals surface area contributed by atoms with Gasteiger partial charge in [0.25, 0.3) is 0 Å². The molecule has 0 aromatic carbocycles. The predicted octanol–water partition coefficient (Wildman–Crippen LogP) is 2.29. The molecular weight excluding hydrogens is 274 g/mol. The van der Waals surface area contributed by atoms with Crippen molar-refractivity contribution in [2.75, 3.05) is 26.3 Å². The van der Waals surface area contributed by atoms with E-state index in [-0.39, 0.29) is 18.6 Å². The van der Waals surface area contributed by atoms with Gasteiger partial charge >= 0.3 is 12.1 Å². The fourth-order valence-corrected chi connectivity index (χ4v) is 2.15. The Kier molecular flexibility index (Phi) is 6.68. The average Bonchev–Trinajstić information content (AvgIpc) is 2.36. The van der Waals surface area contributed by atoms with Gasteiger partial charge in [0.15, 0.2) is 0 Å². The van der Waals surface area contributed by atoms with Crippen molar-refractivity contribution in [3.63, 3.8) is 0 Å². The number of hydrogen-bond donors (Lipinski definition) is 1. The predicted molar refractivity (Wildman–Crippen MR) is 78.1 cm³/mol. The maximum atomic E-state index is 12.0. The minimum Gasteiger partial charge on any atom is -0.478 e. The van der Waals surface area contributed by atoms with Gasteiger partial charge in [0.05, 0.1) is 13.2 Å². The first-order valence-electron chi connectivity index (χ1n) is 7.23. The van der Waals surface area contributed by atoms with E-state index in [0.29, 0.717) is 19.7 Å². The molecular formula is C15H25NO5. The largest absolute Gasteiger partial charge is 0.478 e. The van der Waals surface area contributed by atoms with E-state index in [0.717, 1.165) is 18.9 Å². The molecule has 1 aliphatic rings. The van der Waals surface area contributed by atoms with Crippen LogP contribution < -0.4 is 0 Å². The lowest BCUT2D eigenvalue weighted by molar-refractivity contribution is -0.131. The third kappa shape index (κ3) is 7.70. The number of ether oxygens (including phenoxy) is 2. The highest BCUT2D eigenvalue weighted by Gasteiger charge is 2.27. The Morgan fingerprint density at radius 1 is 1.38 bits per heavy atom. The van der Waals surface area contributed by atoms with E-state index in [2.05, 4.69) is 0 Å². The van der Waals surface area contributed by atoms with Crippen LogP contribution in [0.5, 0.6) is 0 Å². The van der Waals surface area contributed by atoms with Gasteiger partial charge in [0.1, 0.15) is 5.60 Å². The summed E-state index contributed by atoms with van der Waals surface area (Å²) in [4.78, 5) is 24.0. The highest BCUT2D eigenvalue weighted by atomic mass is 16.6. The maximum Gasteiger partial charge on any atom is 0.410 e. The Bertz CT molecular complexity index is 386. The van der Waals surface area contributed by atoms with E-state index >= 15 is 0 Å². The number of likely N-dealkylation sites (tertiary alicyclic amines) is 1. The van der Waals surface area contributed by atoms with Crippen LogP contribution in [0.1, 0.15) is 33.6 Å². The van der Waals surface area contributed by atoms with Crippen molar-refractivity contribution in [2.45, 2.75) is 39.2 Å². The van der Waals surface area contributed by atoms with Crippen molar-refractivity contribution in [1.82, 2.24) is 4.90 Å². The van der Waals surface area contributed by atoms with Gasteiger partial charge in [-0.05, 0) is 33.6 Å². The number of amides is 1. The highest BCUT2D eigenvalue weighted by molar-refractivity contribution is 5.79. The summed E-state index contributed by atoms with van der Waals surface area (Å²) in [7, 11) is 0. The van der Waals surface area contributed by atoms with Gasteiger partial charge in [-0.1, -0.05) is 6.08 Å². The zero-order chi connectivity index (χ0) is 15.9. The zero-order valence-corrected chi connectivity index (χ0v) is 13.0. The van der Waals surface area contributed by atoms with E-state index in [1.807, 2.05) is 20.8 Å². The number of carbonyl (C=O) groups excluding carboxylic acids is 1. The summed E-state index contributed by atoms with van der Waals surface area (Å²) < 4.78 is 10.8. The maximum absolute atomic E-state index is 12.0. The molecule has 0 bridgehead atoms. The molecule has 1 heterocycles. The highest BCUT2D eigenvalue weighted by Crippen LogP contribution is 2.19. The number of carboxylic acid groups (broad SMARTS) is 1. The molecule has 1 aliphatic heterocycles. The number of rotatable bonds is 5. The molecule has 0 spiro atoms. The van der Waals surface area contributed by atoms with Crippen molar-refractivity contribution in [3.05, 3.63) is 12.2 Å². The molecule has 1 N–H and O–H groups in total. The number of nitrogens with zero attached hydrogens (tertiary/aromatic N) is 1. The van der Waals surface area contributed by atoms with E-state index in [1.54, 1.807) is 4.90 Å². The van der Waals surface area contributed by atoms with Gasteiger partial charge in [-0.2, -0.15) is 0 Å². The Balaban J connectivity index is 2.32. The SMILES string of the molecule is CC(C)(C)OC(=O)N1CCCC(COC/C=C/C(=O)O)C1. The summed E-state index contributed by atoms with van der Waals surface area (Å²) in [5, 5.41) is 8.45. The molecule has 6 nitrogen and oxygen atoms in total. The molecule has 1 unspecified atom stereocenters. The zero-order valence-electron chi connectivity index (χ0n) is 13.0. The van der Waals surface area contributed by atoms with Crippen LogP contribution in [0.3, 0.4) is 0 Å². The molecule has 1 saturated heterocycles. The molecule has 1 atom stereocenters. The first-order chi connectivity index (χ1) is 9.78. The van der Waals surface area contributed by atoms with E-state index in [9.17, 15) is 9.59 Å². The summed E-state index contributed by atoms with van der Waals surface area (Å²) in [5.41, 5.74) is -0.484. The fourth-order valence-electron chi connectivity index (χ4n) is 2.15. The molecule has 0 radical (unpaired) electrons. The Morgan fingerprint density at radius 3 is 2.71 bits per heavy atom. The molecule has 1 fully saturated rings. The van der Waals surface area contributed by atoms with Crippen LogP contribution in [0.4, 0.5) is 4.79 Å². The van der Waals surface area contributed by atoms with Gasteiger partial charge in [0.2, 0.25) is 0 Å². The summed E-state index contributed by atoms with van der Waals surface area (Å²) in [6.45, 7) is 7.68. The first kappa shape index (κ1) is 17.5. The van der Waals surface area contributed by atoms with Crippen molar-refractivity contribution >= 4 is 12.1 Å². The Morgan fingerprint density at radius 2 is 2.10 bits per heavy atom. The van der Waals surface area contributed by atoms with Crippen LogP contribution in [-0.2, 0) is 14.3 Å². The quantitative estimate of drug-likeness (QED) is 0.622. The summed E-state index contributed by atoms with van der Waals surface area (Å²) in [6, 6.07) is 0. The monoisotopic (exact) mass is 299 g/mol. The van der Waals surface area contributed by atoms with Crippen LogP contribution in [0, 0.1) is 5.92 Å². The van der Waals surface area contributed by atoms with Crippen LogP contribution in [-0.4, -0.2) is 54.0 Å². The second-order valence-electron chi connectivity index (χ2n) is 6.21. The number of carbonyl (C=O) groups is 2. The van der Waals surface area contributed by atoms with Crippen LogP contribution in [0.15, 0.2) is 12.2 Å². The van der Waals surface area contributed by atoms with Gasteiger partial charge in [-0.3, -0.25) is 0 Å². The average molecular weight is 299 g/mol. The molecule has 0 aliphatic carbocycles. The number of piperidine rings is 1. The van der Waals surface area contributed by atoms with Gasteiger partial charge < -0.3 is 19.5 Å². The van der Waals surface area contributed by atoms with Crippen molar-refractivity contribution in [1.29, 1.82) is 0 Å². The van der Waals surface area contributed by atoms with Gasteiger partial charge in [-0.15, -0.1) is 0 Å². The van der Waals surface area contributed by atoms with Gasteiger partial charge in [0, 0.05) is 25.1 Å². The van der Waals surface area contributed by atoms with Gasteiger partial charge in [-0.25, -0.2) is 9.59 Å². The normalized spacial score (nSPS) is 19.8. The summed E-state index contributed by atoms with van der Waals surface area (Å²) in [6.07, 6.45) is 4.18. The van der Waals surface area contributed by atoms with Crippen LogP contribution >= 0.6 is 0 Å². The van der Waals surface area contributed by atoms with Crippen LogP contribution in [0.25, 0.3) is 0 Å². The first-order valence-corrected chi connectivity index (χ1v) is 7.23. The third-order valence-corrected chi connectivity index (χ3v) is 3.00. The smallest absolute Gasteiger partial charge is 0.410 e. The summed E-state index contributed by atoms with van der Waals surface area (Å²) >= 11 is 0. The molecule has 21 heavy (non-hydrogen) atoms. The van der Waals surface area contributed by atoms with Crippen molar-refractivity contribution in [3.8, 4) is 0 Å². The lowest BCUT2D eigenvalue weighted by Crippen LogP contribution is -2.43. The lowest BCUT2D eigenvalue weighted by atomic mass is 9.99. The third-order valence-electron chi connectivity index (χ3n) is 3.00. The molecule has 0 aromatic rings. The summed E-state index contributed by atoms with van der Waals surface area (Å²) in [5.74, 6) is -0.711. The standard InChI is InChI=1S/C15H25NO5/c1-15(2,3)21-14(19)16-8-4-6-12(10-16)11-20-9-5-7-13(17)18/h5,7,12H,4,6,8-11H2,1-3H3,(H,17,18)/b7-5+. The Hall–Kier alpha value is -1.56. The number of aliphatic carboxylic acids is 1. The Labute approximate surface area is 125 Å². The molecule has 1 amide bonds. The van der Waals surface area contributed by atoms with Crippen molar-refractivity contribution < 1.29 is 24.2 Å². The van der Waals surface area contributed by atoms with E-state index in [1.165, 1.54) is 6.08 Å². The van der Waals surface area contributed by atoms with E-state index < -0.39 is 11.6 Å². The molecule has 0 aromatic heterocycles. The molecule has 120 valence electrons. The molecule has 1 rings (SSSR count). The minimum atomic E-state index is -0.979. The fraction of sp³-hybridized carbons (Fsp3) is 0.733. The van der Waals surface area contributed by atoms with Crippen LogP contribution in [0.2, 0.25) is 0 Å². The second-order valence-corrected chi connectivity index (χ2v) is 6.21. The second kappa shape index (κ2) is 8.02. The molecule has 0 saturated carbocycles. The lowest BCUT2D eigenvalue weighted by Gasteiger charge is -2.34. The minimum absolute atomic E-state index is 0.268.